The van der Waals surface area contributed by atoms with Crippen LogP contribution in [0.1, 0.15) is 86.8 Å². The van der Waals surface area contributed by atoms with E-state index in [-0.39, 0.29) is 12.1 Å². The average Bonchev–Trinajstić information content (AvgIpc) is 3.36. The summed E-state index contributed by atoms with van der Waals surface area (Å²) in [5, 5.41) is 0. The number of fused-ring (bicyclic) bond motifs is 1. The monoisotopic (exact) mass is 619 g/mol. The van der Waals surface area contributed by atoms with Crippen molar-refractivity contribution in [1.82, 2.24) is 4.90 Å². The Morgan fingerprint density at radius 3 is 2.24 bits per heavy atom. The molecule has 0 aromatic heterocycles. The quantitative estimate of drug-likeness (QED) is 0.210. The van der Waals surface area contributed by atoms with Crippen molar-refractivity contribution in [3.05, 3.63) is 124 Å². The zero-order valence-corrected chi connectivity index (χ0v) is 28.8. The topological polar surface area (TPSA) is 3.24 Å². The fraction of sp³-hybridized carbons (Fsp3) is 0.381. The van der Waals surface area contributed by atoms with E-state index in [4.69, 9.17) is 12.6 Å². The van der Waals surface area contributed by atoms with E-state index in [2.05, 4.69) is 131 Å². The van der Waals surface area contributed by atoms with Crippen LogP contribution in [0.3, 0.4) is 0 Å². The van der Waals surface area contributed by atoms with Gasteiger partial charge in [-0.1, -0.05) is 118 Å². The highest BCUT2D eigenvalue weighted by Gasteiger charge is 2.22. The molecule has 1 nitrogen and oxygen atoms in total. The lowest BCUT2D eigenvalue weighted by Gasteiger charge is -2.20. The van der Waals surface area contributed by atoms with Gasteiger partial charge in [-0.05, 0) is 113 Å². The van der Waals surface area contributed by atoms with Crippen molar-refractivity contribution in [1.29, 1.82) is 0 Å². The third kappa shape index (κ3) is 8.37. The van der Waals surface area contributed by atoms with E-state index < -0.39 is 0 Å². The third-order valence-corrected chi connectivity index (χ3v) is 9.69. The first-order valence-electron chi connectivity index (χ1n) is 16.7. The van der Waals surface area contributed by atoms with Crippen LogP contribution in [0.2, 0.25) is 0 Å². The van der Waals surface area contributed by atoms with Gasteiger partial charge >= 0.3 is 0 Å². The minimum atomic E-state index is -0.162. The van der Waals surface area contributed by atoms with E-state index in [1.54, 1.807) is 0 Å². The maximum Gasteiger partial charge on any atom is 0.0906 e. The second-order valence-electron chi connectivity index (χ2n) is 14.0. The summed E-state index contributed by atoms with van der Waals surface area (Å²) in [4.78, 5) is 3.40. The molecular weight excluding hydrogens is 570 g/mol. The molecule has 45 heavy (non-hydrogen) atoms. The highest BCUT2D eigenvalue weighted by atomic mass is 32.1. The van der Waals surface area contributed by atoms with E-state index in [9.17, 15) is 4.39 Å². The molecule has 1 heterocycles. The van der Waals surface area contributed by atoms with E-state index in [1.165, 1.54) is 75.2 Å². The van der Waals surface area contributed by atoms with Crippen molar-refractivity contribution in [3.63, 3.8) is 0 Å². The Kier molecular flexibility index (Phi) is 11.1. The molecule has 4 aromatic carbocycles. The van der Waals surface area contributed by atoms with Crippen molar-refractivity contribution >= 4 is 23.8 Å². The smallest absolute Gasteiger partial charge is 0.0906 e. The molecule has 1 unspecified atom stereocenters. The Morgan fingerprint density at radius 1 is 0.822 bits per heavy atom. The van der Waals surface area contributed by atoms with Crippen LogP contribution in [0.4, 0.5) is 4.39 Å². The number of hydrogen-bond acceptors (Lipinski definition) is 2. The molecule has 4 aromatic rings. The lowest BCUT2D eigenvalue weighted by Crippen LogP contribution is -2.21. The summed E-state index contributed by atoms with van der Waals surface area (Å²) in [6.45, 7) is 14.4. The number of aryl methyl sites for hydroxylation is 2. The lowest BCUT2D eigenvalue weighted by atomic mass is 9.84. The molecule has 1 saturated heterocycles. The first kappa shape index (κ1) is 33.2. The van der Waals surface area contributed by atoms with Gasteiger partial charge in [-0.15, -0.1) is 12.6 Å². The minimum absolute atomic E-state index is 0.137. The largest absolute Gasteiger partial charge is 0.303 e. The first-order valence-corrected chi connectivity index (χ1v) is 17.2. The van der Waals surface area contributed by atoms with Gasteiger partial charge in [-0.25, -0.2) is 0 Å². The Hall–Kier alpha value is -3.14. The average molecular weight is 620 g/mol. The Bertz CT molecular complexity index is 1610. The predicted molar refractivity (Wildman–Crippen MR) is 195 cm³/mol. The number of alkyl halides is 1. The van der Waals surface area contributed by atoms with E-state index in [1.807, 2.05) is 0 Å². The molecule has 1 aliphatic heterocycles. The summed E-state index contributed by atoms with van der Waals surface area (Å²) < 4.78 is 11.7. The zero-order chi connectivity index (χ0) is 32.0. The fourth-order valence-electron chi connectivity index (χ4n) is 6.69. The number of thiol groups is 1. The van der Waals surface area contributed by atoms with Crippen LogP contribution in [0.5, 0.6) is 0 Å². The molecule has 0 bridgehead atoms. The second-order valence-corrected chi connectivity index (χ2v) is 14.5. The number of allylic oxidation sites excluding steroid dienone is 1. The van der Waals surface area contributed by atoms with Gasteiger partial charge in [0.2, 0.25) is 0 Å². The summed E-state index contributed by atoms with van der Waals surface area (Å²) >= 11 is 4.85. The molecule has 1 atom stereocenters. The predicted octanol–water partition coefficient (Wildman–Crippen LogP) is 11.2. The van der Waals surface area contributed by atoms with Crippen molar-refractivity contribution in [2.24, 2.45) is 5.92 Å². The van der Waals surface area contributed by atoms with E-state index in [0.29, 0.717) is 6.42 Å². The normalized spacial score (nSPS) is 17.0. The van der Waals surface area contributed by atoms with Crippen molar-refractivity contribution in [2.75, 3.05) is 26.3 Å². The number of likely N-dealkylation sites (tertiary alicyclic amines) is 1. The molecule has 236 valence electrons. The number of halogens is 1. The van der Waals surface area contributed by atoms with Crippen LogP contribution < -0.4 is 0 Å². The Balaban J connectivity index is 0.000000342. The van der Waals surface area contributed by atoms with Crippen molar-refractivity contribution < 1.29 is 4.39 Å². The molecule has 2 aliphatic rings. The molecule has 1 aliphatic carbocycles. The summed E-state index contributed by atoms with van der Waals surface area (Å²) in [6, 6.07) is 33.7. The summed E-state index contributed by atoms with van der Waals surface area (Å²) in [5.41, 5.74) is 13.5. The number of benzene rings is 4. The maximum absolute atomic E-state index is 11.7. The molecule has 1 fully saturated rings. The van der Waals surface area contributed by atoms with Gasteiger partial charge in [-0.2, -0.15) is 0 Å². The van der Waals surface area contributed by atoms with Gasteiger partial charge in [0.05, 0.1) is 6.67 Å². The van der Waals surface area contributed by atoms with Gasteiger partial charge in [-0.3, -0.25) is 4.39 Å². The zero-order valence-electron chi connectivity index (χ0n) is 27.9. The highest BCUT2D eigenvalue weighted by Crippen LogP contribution is 2.42. The van der Waals surface area contributed by atoms with Crippen molar-refractivity contribution in [2.45, 2.75) is 77.0 Å². The van der Waals surface area contributed by atoms with Crippen LogP contribution in [0.25, 0.3) is 22.3 Å². The lowest BCUT2D eigenvalue weighted by molar-refractivity contribution is 0.304. The van der Waals surface area contributed by atoms with Gasteiger partial charge in [0, 0.05) is 18.0 Å². The molecule has 0 radical (unpaired) electrons. The van der Waals surface area contributed by atoms with Crippen LogP contribution in [-0.2, 0) is 11.8 Å². The molecule has 0 saturated carbocycles. The Morgan fingerprint density at radius 2 is 1.56 bits per heavy atom. The molecule has 3 heteroatoms. The van der Waals surface area contributed by atoms with Gasteiger partial charge in [0.25, 0.3) is 0 Å². The molecule has 0 spiro atoms. The number of rotatable bonds is 6. The number of hydrogen-bond donors (Lipinski definition) is 1. The molecule has 0 N–H and O–H groups in total. The second kappa shape index (κ2) is 15.0. The Labute approximate surface area is 277 Å². The maximum atomic E-state index is 11.7. The van der Waals surface area contributed by atoms with E-state index >= 15 is 0 Å². The van der Waals surface area contributed by atoms with Gasteiger partial charge < -0.3 is 4.90 Å². The molecule has 0 amide bonds. The summed E-state index contributed by atoms with van der Waals surface area (Å²) in [7, 11) is 0. The van der Waals surface area contributed by atoms with Crippen LogP contribution in [0.15, 0.2) is 95.9 Å². The SMILES string of the molecule is CC1CCN(CCCF)C1.Cc1ccc(C2=C(c3ccccc3S)CCCc3cc(-c4cccc(C(C)(C)C)c4)ccc32)cc1. The standard InChI is InChI=1S/C34H34S.C8H16FN/c1-23-15-17-24(18-16-23)33-29-20-19-26(25-9-7-11-28(22-25)34(2,3)4)21-27(29)10-8-13-31(33)30-12-5-6-14-32(30)35;1-8-3-6-10(7-8)5-2-4-9/h5-7,9,11-12,14-22,35H,8,10,13H2,1-4H3;8H,2-7H2,1H3. The van der Waals surface area contributed by atoms with Crippen LogP contribution >= 0.6 is 12.6 Å². The first-order chi connectivity index (χ1) is 21.6. The van der Waals surface area contributed by atoms with Gasteiger partial charge in [0.15, 0.2) is 0 Å². The molecular formula is C42H50FNS. The summed E-state index contributed by atoms with van der Waals surface area (Å²) in [6.07, 6.45) is 5.27. The number of nitrogens with zero attached hydrogens (tertiary/aromatic N) is 1. The van der Waals surface area contributed by atoms with Gasteiger partial charge in [0.1, 0.15) is 0 Å². The summed E-state index contributed by atoms with van der Waals surface area (Å²) in [5.74, 6) is 0.833. The van der Waals surface area contributed by atoms with Crippen LogP contribution in [0, 0.1) is 12.8 Å². The van der Waals surface area contributed by atoms with Crippen LogP contribution in [-0.4, -0.2) is 31.2 Å². The highest BCUT2D eigenvalue weighted by molar-refractivity contribution is 7.80. The molecule has 6 rings (SSSR count). The fourth-order valence-corrected chi connectivity index (χ4v) is 6.99. The van der Waals surface area contributed by atoms with Crippen molar-refractivity contribution in [3.8, 4) is 11.1 Å². The minimum Gasteiger partial charge on any atom is -0.303 e. The third-order valence-electron chi connectivity index (χ3n) is 9.30. The van der Waals surface area contributed by atoms with E-state index in [0.717, 1.165) is 36.6 Å².